The van der Waals surface area contributed by atoms with Crippen molar-refractivity contribution in [1.82, 2.24) is 0 Å². The second kappa shape index (κ2) is 7.65. The third kappa shape index (κ3) is 4.22. The van der Waals surface area contributed by atoms with Gasteiger partial charge in [0.1, 0.15) is 0 Å². The molecule has 0 unspecified atom stereocenters. The quantitative estimate of drug-likeness (QED) is 0.712. The SMILES string of the molecule is CC(C)CCOCCNc1ccc(Br)c2ccccc12. The predicted molar refractivity (Wildman–Crippen MR) is 90.4 cm³/mol. The van der Waals surface area contributed by atoms with Crippen molar-refractivity contribution in [1.29, 1.82) is 0 Å². The number of benzene rings is 2. The van der Waals surface area contributed by atoms with Gasteiger partial charge in [-0.05, 0) is 29.9 Å². The first kappa shape index (κ1) is 15.3. The van der Waals surface area contributed by atoms with E-state index in [2.05, 4.69) is 71.5 Å². The Balaban J connectivity index is 1.89. The van der Waals surface area contributed by atoms with Crippen molar-refractivity contribution in [3.8, 4) is 0 Å². The van der Waals surface area contributed by atoms with E-state index in [0.717, 1.165) is 36.3 Å². The standard InChI is InChI=1S/C17H22BrNO/c1-13(2)9-11-20-12-10-19-17-8-7-16(18)14-5-3-4-6-15(14)17/h3-8,13,19H,9-12H2,1-2H3. The average molecular weight is 336 g/mol. The summed E-state index contributed by atoms with van der Waals surface area (Å²) in [6, 6.07) is 12.6. The molecular formula is C17H22BrNO. The van der Waals surface area contributed by atoms with Crippen molar-refractivity contribution < 1.29 is 4.74 Å². The summed E-state index contributed by atoms with van der Waals surface area (Å²) in [5.74, 6) is 0.707. The van der Waals surface area contributed by atoms with Gasteiger partial charge in [0.2, 0.25) is 0 Å². The Kier molecular flexibility index (Phi) is 5.86. The summed E-state index contributed by atoms with van der Waals surface area (Å²) in [6.45, 7) is 6.87. The Morgan fingerprint density at radius 2 is 1.80 bits per heavy atom. The highest BCUT2D eigenvalue weighted by Crippen LogP contribution is 2.29. The molecule has 2 aromatic carbocycles. The van der Waals surface area contributed by atoms with Gasteiger partial charge >= 0.3 is 0 Å². The van der Waals surface area contributed by atoms with E-state index in [4.69, 9.17) is 4.74 Å². The molecule has 0 amide bonds. The minimum atomic E-state index is 0.707. The summed E-state index contributed by atoms with van der Waals surface area (Å²) < 4.78 is 6.76. The van der Waals surface area contributed by atoms with Crippen LogP contribution >= 0.6 is 15.9 Å². The molecule has 108 valence electrons. The summed E-state index contributed by atoms with van der Waals surface area (Å²) in [5, 5.41) is 5.93. The summed E-state index contributed by atoms with van der Waals surface area (Å²) in [5.41, 5.74) is 1.16. The maximum atomic E-state index is 5.63. The monoisotopic (exact) mass is 335 g/mol. The minimum Gasteiger partial charge on any atom is -0.382 e. The van der Waals surface area contributed by atoms with E-state index in [9.17, 15) is 0 Å². The highest BCUT2D eigenvalue weighted by Gasteiger charge is 2.03. The minimum absolute atomic E-state index is 0.707. The fraction of sp³-hybridized carbons (Fsp3) is 0.412. The van der Waals surface area contributed by atoms with Gasteiger partial charge < -0.3 is 10.1 Å². The van der Waals surface area contributed by atoms with Crippen molar-refractivity contribution in [3.05, 3.63) is 40.9 Å². The van der Waals surface area contributed by atoms with Gasteiger partial charge in [-0.3, -0.25) is 0 Å². The van der Waals surface area contributed by atoms with Crippen LogP contribution in [0.15, 0.2) is 40.9 Å². The number of fused-ring (bicyclic) bond motifs is 1. The number of nitrogens with one attached hydrogen (secondary N) is 1. The Hall–Kier alpha value is -1.06. The van der Waals surface area contributed by atoms with Gasteiger partial charge in [0.15, 0.2) is 0 Å². The summed E-state index contributed by atoms with van der Waals surface area (Å²) in [7, 11) is 0. The summed E-state index contributed by atoms with van der Waals surface area (Å²) in [6.07, 6.45) is 1.13. The van der Waals surface area contributed by atoms with E-state index in [-0.39, 0.29) is 0 Å². The molecule has 0 spiro atoms. The van der Waals surface area contributed by atoms with Crippen LogP contribution in [0.5, 0.6) is 0 Å². The second-order valence-electron chi connectivity index (χ2n) is 5.36. The molecule has 0 aliphatic heterocycles. The van der Waals surface area contributed by atoms with Crippen molar-refractivity contribution >= 4 is 32.4 Å². The molecule has 0 aromatic heterocycles. The maximum Gasteiger partial charge on any atom is 0.0639 e. The predicted octanol–water partition coefficient (Wildman–Crippen LogP) is 5.08. The Labute approximate surface area is 129 Å². The van der Waals surface area contributed by atoms with Crippen molar-refractivity contribution in [2.75, 3.05) is 25.1 Å². The van der Waals surface area contributed by atoms with Crippen LogP contribution < -0.4 is 5.32 Å². The molecule has 2 aromatic rings. The van der Waals surface area contributed by atoms with Crippen LogP contribution in [0.3, 0.4) is 0 Å². The van der Waals surface area contributed by atoms with Gasteiger partial charge in [0.25, 0.3) is 0 Å². The van der Waals surface area contributed by atoms with Crippen LogP contribution in [0.1, 0.15) is 20.3 Å². The second-order valence-corrected chi connectivity index (χ2v) is 6.22. The van der Waals surface area contributed by atoms with Gasteiger partial charge in [0.05, 0.1) is 6.61 Å². The van der Waals surface area contributed by atoms with E-state index in [0.29, 0.717) is 5.92 Å². The topological polar surface area (TPSA) is 21.3 Å². The number of hydrogen-bond acceptors (Lipinski definition) is 2. The summed E-state index contributed by atoms with van der Waals surface area (Å²) >= 11 is 3.59. The first-order valence-corrected chi connectivity index (χ1v) is 7.96. The third-order valence-electron chi connectivity index (χ3n) is 3.27. The van der Waals surface area contributed by atoms with E-state index < -0.39 is 0 Å². The van der Waals surface area contributed by atoms with Crippen LogP contribution in [0.25, 0.3) is 10.8 Å². The molecule has 0 saturated heterocycles. The van der Waals surface area contributed by atoms with Gasteiger partial charge in [-0.15, -0.1) is 0 Å². The number of halogens is 1. The van der Waals surface area contributed by atoms with Crippen LogP contribution in [0, 0.1) is 5.92 Å². The molecule has 0 fully saturated rings. The number of ether oxygens (including phenoxy) is 1. The normalized spacial score (nSPS) is 11.2. The van der Waals surface area contributed by atoms with Crippen LogP contribution in [-0.2, 0) is 4.74 Å². The zero-order chi connectivity index (χ0) is 14.4. The molecule has 1 N–H and O–H groups in total. The molecule has 0 saturated carbocycles. The first-order valence-electron chi connectivity index (χ1n) is 7.17. The van der Waals surface area contributed by atoms with E-state index in [1.165, 1.54) is 10.8 Å². The fourth-order valence-corrected chi connectivity index (χ4v) is 2.57. The highest BCUT2D eigenvalue weighted by molar-refractivity contribution is 9.10. The fourth-order valence-electron chi connectivity index (χ4n) is 2.10. The molecule has 2 nitrogen and oxygen atoms in total. The smallest absolute Gasteiger partial charge is 0.0639 e. The van der Waals surface area contributed by atoms with Gasteiger partial charge in [-0.1, -0.05) is 54.0 Å². The zero-order valence-corrected chi connectivity index (χ0v) is 13.7. The van der Waals surface area contributed by atoms with Crippen molar-refractivity contribution in [2.45, 2.75) is 20.3 Å². The van der Waals surface area contributed by atoms with Crippen molar-refractivity contribution in [3.63, 3.8) is 0 Å². The lowest BCUT2D eigenvalue weighted by Crippen LogP contribution is -2.11. The first-order chi connectivity index (χ1) is 9.68. The van der Waals surface area contributed by atoms with Crippen molar-refractivity contribution in [2.24, 2.45) is 5.92 Å². The van der Waals surface area contributed by atoms with E-state index in [1.807, 2.05) is 0 Å². The highest BCUT2D eigenvalue weighted by atomic mass is 79.9. The Morgan fingerprint density at radius 3 is 2.55 bits per heavy atom. The molecule has 20 heavy (non-hydrogen) atoms. The van der Waals surface area contributed by atoms with E-state index >= 15 is 0 Å². The molecule has 2 rings (SSSR count). The number of hydrogen-bond donors (Lipinski definition) is 1. The van der Waals surface area contributed by atoms with Gasteiger partial charge in [0, 0.05) is 28.7 Å². The van der Waals surface area contributed by atoms with E-state index in [1.54, 1.807) is 0 Å². The van der Waals surface area contributed by atoms with Crippen LogP contribution in [0.4, 0.5) is 5.69 Å². The lowest BCUT2D eigenvalue weighted by molar-refractivity contribution is 0.133. The third-order valence-corrected chi connectivity index (χ3v) is 3.96. The zero-order valence-electron chi connectivity index (χ0n) is 12.2. The molecule has 0 aliphatic rings. The largest absolute Gasteiger partial charge is 0.382 e. The average Bonchev–Trinajstić information content (AvgIpc) is 2.45. The number of rotatable bonds is 7. The molecule has 3 heteroatoms. The molecule has 0 heterocycles. The molecule has 0 atom stereocenters. The maximum absolute atomic E-state index is 5.63. The number of anilines is 1. The molecule has 0 radical (unpaired) electrons. The molecule has 0 bridgehead atoms. The molecular weight excluding hydrogens is 314 g/mol. The van der Waals surface area contributed by atoms with Crippen LogP contribution in [0.2, 0.25) is 0 Å². The lowest BCUT2D eigenvalue weighted by atomic mass is 10.1. The lowest BCUT2D eigenvalue weighted by Gasteiger charge is -2.11. The summed E-state index contributed by atoms with van der Waals surface area (Å²) in [4.78, 5) is 0. The Morgan fingerprint density at radius 1 is 1.05 bits per heavy atom. The van der Waals surface area contributed by atoms with Gasteiger partial charge in [-0.2, -0.15) is 0 Å². The Bertz CT molecular complexity index is 554. The molecule has 0 aliphatic carbocycles. The van der Waals surface area contributed by atoms with Crippen LogP contribution in [-0.4, -0.2) is 19.8 Å². The van der Waals surface area contributed by atoms with Gasteiger partial charge in [-0.25, -0.2) is 0 Å².